The topological polar surface area (TPSA) is 49.8 Å². The molecule has 94 valence electrons. The molecule has 3 rings (SSSR count). The van der Waals surface area contributed by atoms with Gasteiger partial charge in [0.25, 0.3) is 0 Å². The maximum atomic E-state index is 11.6. The number of hydrogen-bond donors (Lipinski definition) is 1. The van der Waals surface area contributed by atoms with E-state index < -0.39 is 0 Å². The molecule has 0 aromatic heterocycles. The summed E-state index contributed by atoms with van der Waals surface area (Å²) in [5.74, 6) is 0.750. The van der Waals surface area contributed by atoms with Gasteiger partial charge in [-0.2, -0.15) is 0 Å². The molecule has 0 aromatic rings. The fourth-order valence-corrected chi connectivity index (χ4v) is 3.86. The highest BCUT2D eigenvalue weighted by molar-refractivity contribution is 5.93. The van der Waals surface area contributed by atoms with Gasteiger partial charge in [0.2, 0.25) is 0 Å². The number of ether oxygens (including phenoxy) is 1. The third-order valence-corrected chi connectivity index (χ3v) is 4.78. The van der Waals surface area contributed by atoms with Crippen molar-refractivity contribution in [3.8, 4) is 0 Å². The number of Topliss-reactive ketones (excluding diaryl/α,β-unsaturated/α-hetero) is 1. The molecular weight excluding hydrogens is 218 g/mol. The quantitative estimate of drug-likeness (QED) is 0.724. The highest BCUT2D eigenvalue weighted by Gasteiger charge is 2.52. The maximum Gasteiger partial charge on any atom is 0.159 e. The number of carbonyl (C=O) groups is 1. The Bertz CT molecular complexity index is 379. The summed E-state index contributed by atoms with van der Waals surface area (Å²) in [5, 5.41) is 10.1. The van der Waals surface area contributed by atoms with Gasteiger partial charge in [0.15, 0.2) is 5.78 Å². The van der Waals surface area contributed by atoms with Gasteiger partial charge >= 0.3 is 0 Å². The number of carbonyl (C=O) groups excluding carboxylic acids is 1. The van der Waals surface area contributed by atoms with E-state index in [0.717, 1.165) is 18.4 Å². The SMILES string of the molecule is CC(=O)C1=COC[C@@H]2[C@H]1C[C@@H]1[C@H](O)C[C@@H]2N1C. The van der Waals surface area contributed by atoms with E-state index in [1.165, 1.54) is 0 Å². The summed E-state index contributed by atoms with van der Waals surface area (Å²) in [6, 6.07) is 0.568. The molecule has 4 heteroatoms. The standard InChI is InChI=1S/C13H19NO3/c1-7(15)9-5-17-6-10-8(9)3-12-13(16)4-11(10)14(12)2/h5,8,10-13,16H,3-4,6H2,1-2H3/t8-,10+,11-,12+,13+/m0/s1. The minimum absolute atomic E-state index is 0.109. The number of allylic oxidation sites excluding steroid dienone is 1. The normalized spacial score (nSPS) is 44.9. The molecule has 0 radical (unpaired) electrons. The predicted molar refractivity (Wildman–Crippen MR) is 62.3 cm³/mol. The van der Waals surface area contributed by atoms with E-state index in [0.29, 0.717) is 18.6 Å². The van der Waals surface area contributed by atoms with Crippen molar-refractivity contribution in [2.75, 3.05) is 13.7 Å². The van der Waals surface area contributed by atoms with Crippen molar-refractivity contribution in [2.45, 2.75) is 38.0 Å². The fraction of sp³-hybridized carbons (Fsp3) is 0.769. The lowest BCUT2D eigenvalue weighted by atomic mass is 9.74. The average molecular weight is 237 g/mol. The molecule has 2 fully saturated rings. The molecule has 0 saturated carbocycles. The van der Waals surface area contributed by atoms with Crippen LogP contribution in [0.5, 0.6) is 0 Å². The van der Waals surface area contributed by atoms with Gasteiger partial charge in [-0.25, -0.2) is 0 Å². The summed E-state index contributed by atoms with van der Waals surface area (Å²) < 4.78 is 5.46. The first-order chi connectivity index (χ1) is 8.09. The van der Waals surface area contributed by atoms with Crippen molar-refractivity contribution in [1.29, 1.82) is 0 Å². The molecule has 3 aliphatic heterocycles. The molecule has 5 atom stereocenters. The predicted octanol–water partition coefficient (Wildman–Crippen LogP) is 0.559. The van der Waals surface area contributed by atoms with Crippen molar-refractivity contribution in [2.24, 2.45) is 11.8 Å². The average Bonchev–Trinajstić information content (AvgIpc) is 2.48. The Labute approximate surface area is 101 Å². The third kappa shape index (κ3) is 1.54. The molecule has 0 aromatic carbocycles. The largest absolute Gasteiger partial charge is 0.500 e. The number of piperidine rings is 1. The lowest BCUT2D eigenvalue weighted by Gasteiger charge is -2.44. The van der Waals surface area contributed by atoms with Crippen molar-refractivity contribution in [1.82, 2.24) is 4.90 Å². The van der Waals surface area contributed by atoms with E-state index in [-0.39, 0.29) is 23.8 Å². The number of likely N-dealkylation sites (N-methyl/N-ethyl adjacent to an activating group) is 1. The zero-order chi connectivity index (χ0) is 12.2. The summed E-state index contributed by atoms with van der Waals surface area (Å²) in [7, 11) is 2.08. The third-order valence-electron chi connectivity index (χ3n) is 4.78. The first-order valence-corrected chi connectivity index (χ1v) is 6.32. The van der Waals surface area contributed by atoms with Crippen molar-refractivity contribution < 1.29 is 14.6 Å². The first kappa shape index (κ1) is 11.2. The number of aliphatic hydroxyl groups excluding tert-OH is 1. The van der Waals surface area contributed by atoms with Gasteiger partial charge in [-0.15, -0.1) is 0 Å². The van der Waals surface area contributed by atoms with E-state index in [2.05, 4.69) is 11.9 Å². The van der Waals surface area contributed by atoms with Crippen LogP contribution in [0.25, 0.3) is 0 Å². The minimum Gasteiger partial charge on any atom is -0.500 e. The van der Waals surface area contributed by atoms with Crippen LogP contribution in [0.4, 0.5) is 0 Å². The summed E-state index contributed by atoms with van der Waals surface area (Å²) in [5.41, 5.74) is 0.818. The molecule has 2 bridgehead atoms. The van der Waals surface area contributed by atoms with E-state index in [1.807, 2.05) is 0 Å². The van der Waals surface area contributed by atoms with E-state index >= 15 is 0 Å². The Morgan fingerprint density at radius 2 is 2.24 bits per heavy atom. The lowest BCUT2D eigenvalue weighted by Crippen LogP contribution is -2.51. The Hall–Kier alpha value is -0.870. The van der Waals surface area contributed by atoms with E-state index in [9.17, 15) is 9.90 Å². The van der Waals surface area contributed by atoms with Gasteiger partial charge in [0.05, 0.1) is 19.0 Å². The van der Waals surface area contributed by atoms with Crippen LogP contribution in [0.2, 0.25) is 0 Å². The lowest BCUT2D eigenvalue weighted by molar-refractivity contribution is -0.115. The van der Waals surface area contributed by atoms with Gasteiger partial charge in [0, 0.05) is 23.6 Å². The number of hydrogen-bond acceptors (Lipinski definition) is 4. The molecule has 3 aliphatic rings. The second-order valence-corrected chi connectivity index (χ2v) is 5.57. The molecule has 0 unspecified atom stereocenters. The summed E-state index contributed by atoms with van der Waals surface area (Å²) >= 11 is 0. The monoisotopic (exact) mass is 237 g/mol. The fourth-order valence-electron chi connectivity index (χ4n) is 3.86. The minimum atomic E-state index is -0.246. The van der Waals surface area contributed by atoms with Crippen LogP contribution < -0.4 is 0 Å². The first-order valence-electron chi connectivity index (χ1n) is 6.32. The molecule has 0 amide bonds. The Balaban J connectivity index is 1.93. The van der Waals surface area contributed by atoms with Gasteiger partial charge in [-0.3, -0.25) is 9.69 Å². The van der Waals surface area contributed by atoms with Crippen LogP contribution in [0.15, 0.2) is 11.8 Å². The van der Waals surface area contributed by atoms with Gasteiger partial charge in [-0.1, -0.05) is 0 Å². The number of nitrogens with zero attached hydrogens (tertiary/aromatic N) is 1. The van der Waals surface area contributed by atoms with Crippen molar-refractivity contribution in [3.05, 3.63) is 11.8 Å². The second kappa shape index (κ2) is 3.82. The Morgan fingerprint density at radius 1 is 1.47 bits per heavy atom. The molecule has 4 nitrogen and oxygen atoms in total. The van der Waals surface area contributed by atoms with E-state index in [4.69, 9.17) is 4.74 Å². The number of rotatable bonds is 1. The maximum absolute atomic E-state index is 11.6. The zero-order valence-corrected chi connectivity index (χ0v) is 10.3. The molecule has 0 aliphatic carbocycles. The van der Waals surface area contributed by atoms with Crippen LogP contribution >= 0.6 is 0 Å². The number of fused-ring (bicyclic) bond motifs is 4. The van der Waals surface area contributed by atoms with Crippen molar-refractivity contribution in [3.63, 3.8) is 0 Å². The van der Waals surface area contributed by atoms with Crippen LogP contribution in [0.3, 0.4) is 0 Å². The highest BCUT2D eigenvalue weighted by Crippen LogP contribution is 2.46. The summed E-state index contributed by atoms with van der Waals surface area (Å²) in [4.78, 5) is 13.9. The smallest absolute Gasteiger partial charge is 0.159 e. The molecule has 0 spiro atoms. The Kier molecular flexibility index (Phi) is 2.52. The van der Waals surface area contributed by atoms with Crippen LogP contribution in [-0.4, -0.2) is 47.6 Å². The highest BCUT2D eigenvalue weighted by atomic mass is 16.5. The van der Waals surface area contributed by atoms with Gasteiger partial charge in [0.1, 0.15) is 0 Å². The summed E-state index contributed by atoms with van der Waals surface area (Å²) in [6.07, 6.45) is 3.09. The molecule has 1 N–H and O–H groups in total. The van der Waals surface area contributed by atoms with Crippen LogP contribution in [0.1, 0.15) is 19.8 Å². The van der Waals surface area contributed by atoms with Crippen molar-refractivity contribution >= 4 is 5.78 Å². The number of ketones is 1. The molecule has 2 saturated heterocycles. The van der Waals surface area contributed by atoms with Crippen LogP contribution in [0, 0.1) is 11.8 Å². The molecule has 17 heavy (non-hydrogen) atoms. The van der Waals surface area contributed by atoms with Crippen LogP contribution in [-0.2, 0) is 9.53 Å². The molecular formula is C13H19NO3. The second-order valence-electron chi connectivity index (χ2n) is 5.57. The van der Waals surface area contributed by atoms with E-state index in [1.54, 1.807) is 13.2 Å². The zero-order valence-electron chi connectivity index (χ0n) is 10.3. The van der Waals surface area contributed by atoms with Gasteiger partial charge in [-0.05, 0) is 32.7 Å². The summed E-state index contributed by atoms with van der Waals surface area (Å²) in [6.45, 7) is 2.28. The molecule has 3 heterocycles. The van der Waals surface area contributed by atoms with Gasteiger partial charge < -0.3 is 9.84 Å². The number of aliphatic hydroxyl groups is 1. The Morgan fingerprint density at radius 3 is 2.94 bits per heavy atom.